The van der Waals surface area contributed by atoms with Crippen LogP contribution in [0.15, 0.2) is 18.2 Å². The minimum Gasteiger partial charge on any atom is -0.338 e. The van der Waals surface area contributed by atoms with E-state index in [1.807, 2.05) is 11.9 Å². The monoisotopic (exact) mass is 504 g/mol. The fourth-order valence-corrected chi connectivity index (χ4v) is 6.65. The van der Waals surface area contributed by atoms with Gasteiger partial charge in [0.2, 0.25) is 5.91 Å². The standard InChI is InChI=1S/C26H35F3N6O/c1-17(2)25(24(36)35-13-7-18-4-5-21(26(27,28)29)14-20(18)16-35)10-6-22(15-25)34-11-8-19(9-12-34)23-30-31-32-33(23)3/h4-5,14,17,19,22H,6-13,15-16H2,1-3H3/t22?,25-/m0/s1. The number of tetrazole rings is 1. The van der Waals surface area contributed by atoms with Gasteiger partial charge in [0.05, 0.1) is 11.0 Å². The molecule has 1 aliphatic carbocycles. The van der Waals surface area contributed by atoms with Crippen LogP contribution in [0, 0.1) is 11.3 Å². The first-order valence-corrected chi connectivity index (χ1v) is 13.0. The highest BCUT2D eigenvalue weighted by Crippen LogP contribution is 2.48. The summed E-state index contributed by atoms with van der Waals surface area (Å²) >= 11 is 0. The third kappa shape index (κ3) is 4.53. The quantitative estimate of drug-likeness (QED) is 0.625. The van der Waals surface area contributed by atoms with Gasteiger partial charge in [-0.1, -0.05) is 19.9 Å². The maximum Gasteiger partial charge on any atom is 0.416 e. The number of amides is 1. The van der Waals surface area contributed by atoms with Gasteiger partial charge in [-0.3, -0.25) is 4.79 Å². The number of carbonyl (C=O) groups is 1. The highest BCUT2D eigenvalue weighted by molar-refractivity contribution is 5.84. The zero-order valence-electron chi connectivity index (χ0n) is 21.3. The van der Waals surface area contributed by atoms with Crippen LogP contribution in [0.25, 0.3) is 0 Å². The molecule has 2 fully saturated rings. The third-order valence-corrected chi connectivity index (χ3v) is 8.95. The summed E-state index contributed by atoms with van der Waals surface area (Å²) in [7, 11) is 1.88. The van der Waals surface area contributed by atoms with E-state index in [9.17, 15) is 18.0 Å². The van der Waals surface area contributed by atoms with Crippen molar-refractivity contribution in [2.45, 2.75) is 77.1 Å². The Kier molecular flexibility index (Phi) is 6.59. The predicted molar refractivity (Wildman–Crippen MR) is 128 cm³/mol. The average molecular weight is 505 g/mol. The number of likely N-dealkylation sites (tertiary alicyclic amines) is 1. The van der Waals surface area contributed by atoms with Crippen molar-refractivity contribution in [1.82, 2.24) is 30.0 Å². The molecule has 36 heavy (non-hydrogen) atoms. The molecule has 1 unspecified atom stereocenters. The number of halogens is 3. The molecule has 2 aliphatic heterocycles. The van der Waals surface area contributed by atoms with Crippen LogP contribution in [0.4, 0.5) is 13.2 Å². The molecule has 2 aromatic rings. The SMILES string of the molecule is CC(C)[C@]1(C(=O)N2CCc3ccc(C(F)(F)F)cc3C2)CCC(N2CCC(c3nnnn3C)CC2)C1. The van der Waals surface area contributed by atoms with Crippen molar-refractivity contribution in [2.24, 2.45) is 18.4 Å². The van der Waals surface area contributed by atoms with E-state index in [1.165, 1.54) is 6.07 Å². The number of fused-ring (bicyclic) bond motifs is 1. The largest absolute Gasteiger partial charge is 0.416 e. The van der Waals surface area contributed by atoms with Gasteiger partial charge in [0.1, 0.15) is 0 Å². The van der Waals surface area contributed by atoms with Crippen LogP contribution >= 0.6 is 0 Å². The Morgan fingerprint density at radius 2 is 1.86 bits per heavy atom. The second-order valence-corrected chi connectivity index (χ2v) is 11.1. The number of piperidine rings is 1. The zero-order valence-corrected chi connectivity index (χ0v) is 21.3. The minimum absolute atomic E-state index is 0.114. The molecule has 0 spiro atoms. The van der Waals surface area contributed by atoms with E-state index in [4.69, 9.17) is 0 Å². The average Bonchev–Trinajstić information content (AvgIpc) is 3.50. The van der Waals surface area contributed by atoms with Gasteiger partial charge < -0.3 is 9.80 Å². The molecule has 1 aromatic heterocycles. The fourth-order valence-electron chi connectivity index (χ4n) is 6.65. The lowest BCUT2D eigenvalue weighted by Crippen LogP contribution is -2.49. The van der Waals surface area contributed by atoms with E-state index in [0.29, 0.717) is 30.5 Å². The Morgan fingerprint density at radius 1 is 1.11 bits per heavy atom. The van der Waals surface area contributed by atoms with Crippen molar-refractivity contribution in [3.05, 3.63) is 40.7 Å². The van der Waals surface area contributed by atoms with Crippen molar-refractivity contribution in [3.63, 3.8) is 0 Å². The van der Waals surface area contributed by atoms with Gasteiger partial charge in [-0.25, -0.2) is 4.68 Å². The van der Waals surface area contributed by atoms with Crippen molar-refractivity contribution in [2.75, 3.05) is 19.6 Å². The van der Waals surface area contributed by atoms with E-state index in [-0.39, 0.29) is 18.4 Å². The smallest absolute Gasteiger partial charge is 0.338 e. The van der Waals surface area contributed by atoms with Gasteiger partial charge in [-0.2, -0.15) is 13.2 Å². The first-order chi connectivity index (χ1) is 17.1. The number of hydrogen-bond acceptors (Lipinski definition) is 5. The molecule has 10 heteroatoms. The normalized spacial score (nSPS) is 26.0. The van der Waals surface area contributed by atoms with Gasteiger partial charge in [-0.05, 0) is 91.2 Å². The molecule has 1 saturated heterocycles. The Hall–Kier alpha value is -2.49. The second kappa shape index (κ2) is 9.43. The Morgan fingerprint density at radius 3 is 2.50 bits per heavy atom. The molecule has 0 N–H and O–H groups in total. The lowest BCUT2D eigenvalue weighted by molar-refractivity contribution is -0.146. The Labute approximate surface area is 210 Å². The zero-order chi connectivity index (χ0) is 25.7. The molecule has 196 valence electrons. The van der Waals surface area contributed by atoms with Crippen LogP contribution in [0.3, 0.4) is 0 Å². The first-order valence-electron chi connectivity index (χ1n) is 13.0. The molecular weight excluding hydrogens is 469 g/mol. The molecule has 3 aliphatic rings. The lowest BCUT2D eigenvalue weighted by Gasteiger charge is -2.41. The topological polar surface area (TPSA) is 67.2 Å². The van der Waals surface area contributed by atoms with Crippen LogP contribution in [0.2, 0.25) is 0 Å². The number of hydrogen-bond donors (Lipinski definition) is 0. The van der Waals surface area contributed by atoms with Crippen molar-refractivity contribution >= 4 is 5.91 Å². The molecular formula is C26H35F3N6O. The second-order valence-electron chi connectivity index (χ2n) is 11.1. The molecule has 3 heterocycles. The lowest BCUT2D eigenvalue weighted by atomic mass is 9.73. The van der Waals surface area contributed by atoms with E-state index < -0.39 is 17.2 Å². The summed E-state index contributed by atoms with van der Waals surface area (Å²) < 4.78 is 41.6. The van der Waals surface area contributed by atoms with Gasteiger partial charge in [-0.15, -0.1) is 5.10 Å². The van der Waals surface area contributed by atoms with E-state index in [2.05, 4.69) is 34.3 Å². The molecule has 0 radical (unpaired) electrons. The maximum absolute atomic E-state index is 14.0. The van der Waals surface area contributed by atoms with Crippen LogP contribution in [-0.2, 0) is 31.0 Å². The van der Waals surface area contributed by atoms with Crippen molar-refractivity contribution in [1.29, 1.82) is 0 Å². The highest BCUT2D eigenvalue weighted by atomic mass is 19.4. The summed E-state index contributed by atoms with van der Waals surface area (Å²) in [6.45, 7) is 6.98. The van der Waals surface area contributed by atoms with E-state index >= 15 is 0 Å². The first kappa shape index (κ1) is 25.2. The number of carbonyl (C=O) groups excluding carboxylic acids is 1. The number of nitrogens with zero attached hydrogens (tertiary/aromatic N) is 6. The molecule has 1 aromatic carbocycles. The van der Waals surface area contributed by atoms with Crippen LogP contribution in [-0.4, -0.2) is 61.6 Å². The molecule has 5 rings (SSSR count). The van der Waals surface area contributed by atoms with Gasteiger partial charge in [0.25, 0.3) is 0 Å². The summed E-state index contributed by atoms with van der Waals surface area (Å²) in [5.74, 6) is 1.57. The van der Waals surface area contributed by atoms with Crippen LogP contribution in [0.1, 0.15) is 74.4 Å². The molecule has 0 bridgehead atoms. The number of alkyl halides is 3. The summed E-state index contributed by atoms with van der Waals surface area (Å²) in [6, 6.07) is 4.30. The summed E-state index contributed by atoms with van der Waals surface area (Å²) in [6.07, 6.45) is 0.828. The number of aryl methyl sites for hydroxylation is 1. The Balaban J connectivity index is 1.27. The summed E-state index contributed by atoms with van der Waals surface area (Å²) in [5.41, 5.74) is 0.429. The highest BCUT2D eigenvalue weighted by Gasteiger charge is 2.51. The third-order valence-electron chi connectivity index (χ3n) is 8.95. The van der Waals surface area contributed by atoms with Crippen molar-refractivity contribution < 1.29 is 18.0 Å². The van der Waals surface area contributed by atoms with Gasteiger partial charge >= 0.3 is 6.18 Å². The Bertz CT molecular complexity index is 1110. The number of rotatable bonds is 4. The maximum atomic E-state index is 14.0. The van der Waals surface area contributed by atoms with Crippen LogP contribution in [0.5, 0.6) is 0 Å². The number of aromatic nitrogens is 4. The summed E-state index contributed by atoms with van der Waals surface area (Å²) in [5, 5.41) is 11.9. The minimum atomic E-state index is -4.38. The van der Waals surface area contributed by atoms with Crippen molar-refractivity contribution in [3.8, 4) is 0 Å². The van der Waals surface area contributed by atoms with E-state index in [0.717, 1.165) is 62.6 Å². The molecule has 2 atom stereocenters. The molecule has 1 saturated carbocycles. The number of benzene rings is 1. The van der Waals surface area contributed by atoms with Gasteiger partial charge in [0.15, 0.2) is 5.82 Å². The fraction of sp³-hybridized carbons (Fsp3) is 0.692. The molecule has 1 amide bonds. The van der Waals surface area contributed by atoms with Gasteiger partial charge in [0, 0.05) is 32.1 Å². The summed E-state index contributed by atoms with van der Waals surface area (Å²) in [4.78, 5) is 18.3. The molecule has 7 nitrogen and oxygen atoms in total. The predicted octanol–water partition coefficient (Wildman–Crippen LogP) is 4.19. The van der Waals surface area contributed by atoms with E-state index in [1.54, 1.807) is 10.7 Å². The van der Waals surface area contributed by atoms with Crippen LogP contribution < -0.4 is 0 Å².